The van der Waals surface area contributed by atoms with Gasteiger partial charge in [0.25, 0.3) is 0 Å². The number of carbonyl (C=O) groups excluding carboxylic acids is 1. The summed E-state index contributed by atoms with van der Waals surface area (Å²) < 4.78 is 0. The second kappa shape index (κ2) is 7.14. The van der Waals surface area contributed by atoms with E-state index in [0.29, 0.717) is 15.6 Å². The first kappa shape index (κ1) is 16.8. The number of nitrogens with zero attached hydrogens (tertiary/aromatic N) is 1. The molecule has 0 fully saturated rings. The Morgan fingerprint density at radius 2 is 1.82 bits per heavy atom. The van der Waals surface area contributed by atoms with Crippen LogP contribution < -0.4 is 5.73 Å². The van der Waals surface area contributed by atoms with Gasteiger partial charge >= 0.3 is 0 Å². The molecule has 5 heteroatoms. The van der Waals surface area contributed by atoms with Crippen molar-refractivity contribution < 1.29 is 4.79 Å². The maximum atomic E-state index is 11.1. The van der Waals surface area contributed by atoms with E-state index in [0.717, 1.165) is 17.7 Å². The van der Waals surface area contributed by atoms with Gasteiger partial charge in [-0.2, -0.15) is 0 Å². The number of nitrogens with two attached hydrogens (primary N) is 1. The number of benzene rings is 2. The molecular weight excluding hydrogens is 319 g/mol. The van der Waals surface area contributed by atoms with Crippen LogP contribution in [0.15, 0.2) is 42.5 Å². The van der Waals surface area contributed by atoms with Crippen LogP contribution in [0.1, 0.15) is 34.5 Å². The lowest BCUT2D eigenvalue weighted by Gasteiger charge is -2.26. The lowest BCUT2D eigenvalue weighted by Crippen LogP contribution is -2.22. The Hall–Kier alpha value is -1.55. The molecule has 1 atom stereocenters. The predicted octanol–water partition coefficient (Wildman–Crippen LogP) is 4.29. The van der Waals surface area contributed by atoms with Crippen molar-refractivity contribution in [3.05, 3.63) is 69.2 Å². The molecule has 2 N–H and O–H groups in total. The van der Waals surface area contributed by atoms with Crippen LogP contribution in [-0.4, -0.2) is 17.9 Å². The summed E-state index contributed by atoms with van der Waals surface area (Å²) in [5.74, 6) is -0.416. The number of amides is 1. The van der Waals surface area contributed by atoms with Gasteiger partial charge in [-0.3, -0.25) is 9.69 Å². The highest BCUT2D eigenvalue weighted by atomic mass is 35.5. The van der Waals surface area contributed by atoms with Gasteiger partial charge in [-0.1, -0.05) is 41.4 Å². The Balaban J connectivity index is 2.10. The molecule has 0 bridgehead atoms. The quantitative estimate of drug-likeness (QED) is 0.885. The van der Waals surface area contributed by atoms with Crippen LogP contribution in [0.4, 0.5) is 0 Å². The van der Waals surface area contributed by atoms with E-state index in [9.17, 15) is 4.79 Å². The lowest BCUT2D eigenvalue weighted by molar-refractivity contribution is 0.100. The van der Waals surface area contributed by atoms with Crippen molar-refractivity contribution in [1.29, 1.82) is 0 Å². The zero-order chi connectivity index (χ0) is 16.3. The van der Waals surface area contributed by atoms with E-state index in [1.165, 1.54) is 0 Å². The van der Waals surface area contributed by atoms with Gasteiger partial charge in [0, 0.05) is 28.2 Å². The molecule has 0 saturated carbocycles. The van der Waals surface area contributed by atoms with Crippen LogP contribution in [0, 0.1) is 0 Å². The second-order valence-electron chi connectivity index (χ2n) is 5.32. The molecule has 0 saturated heterocycles. The van der Waals surface area contributed by atoms with Crippen molar-refractivity contribution in [1.82, 2.24) is 4.90 Å². The summed E-state index contributed by atoms with van der Waals surface area (Å²) in [6, 6.07) is 13.0. The minimum absolute atomic E-state index is 0.139. The van der Waals surface area contributed by atoms with Crippen LogP contribution >= 0.6 is 23.2 Å². The highest BCUT2D eigenvalue weighted by molar-refractivity contribution is 6.35. The molecule has 0 spiro atoms. The molecule has 22 heavy (non-hydrogen) atoms. The van der Waals surface area contributed by atoms with Gasteiger partial charge in [0.15, 0.2) is 0 Å². The molecule has 1 amide bonds. The minimum Gasteiger partial charge on any atom is -0.366 e. The molecule has 116 valence electrons. The smallest absolute Gasteiger partial charge is 0.248 e. The molecule has 0 heterocycles. The largest absolute Gasteiger partial charge is 0.366 e. The van der Waals surface area contributed by atoms with E-state index >= 15 is 0 Å². The van der Waals surface area contributed by atoms with Gasteiger partial charge in [-0.05, 0) is 49.4 Å². The van der Waals surface area contributed by atoms with Gasteiger partial charge in [0.2, 0.25) is 5.91 Å². The fraction of sp³-hybridized carbons (Fsp3) is 0.235. The molecule has 0 aliphatic rings. The van der Waals surface area contributed by atoms with Crippen molar-refractivity contribution in [3.8, 4) is 0 Å². The Labute approximate surface area is 140 Å². The van der Waals surface area contributed by atoms with E-state index in [2.05, 4.69) is 11.8 Å². The minimum atomic E-state index is -0.416. The maximum Gasteiger partial charge on any atom is 0.248 e. The summed E-state index contributed by atoms with van der Waals surface area (Å²) in [7, 11) is 2.03. The SMILES string of the molecule is CC(c1ccc(Cl)cc1Cl)N(C)Cc1ccc(C(N)=O)cc1. The standard InChI is InChI=1S/C17H18Cl2N2O/c1-11(15-8-7-14(18)9-16(15)19)21(2)10-12-3-5-13(6-4-12)17(20)22/h3-9,11H,10H2,1-2H3,(H2,20,22). The van der Waals surface area contributed by atoms with Crippen molar-refractivity contribution in [2.24, 2.45) is 5.73 Å². The van der Waals surface area contributed by atoms with Crippen molar-refractivity contribution >= 4 is 29.1 Å². The molecular formula is C17H18Cl2N2O. The summed E-state index contributed by atoms with van der Waals surface area (Å²) in [6.07, 6.45) is 0. The van der Waals surface area contributed by atoms with Gasteiger partial charge in [-0.15, -0.1) is 0 Å². The van der Waals surface area contributed by atoms with Gasteiger partial charge in [0.1, 0.15) is 0 Å². The third-order valence-electron chi connectivity index (χ3n) is 3.74. The number of hydrogen-bond acceptors (Lipinski definition) is 2. The average molecular weight is 337 g/mol. The van der Waals surface area contributed by atoms with Gasteiger partial charge < -0.3 is 5.73 Å². The van der Waals surface area contributed by atoms with Crippen molar-refractivity contribution in [2.75, 3.05) is 7.05 Å². The molecule has 2 aromatic carbocycles. The molecule has 3 nitrogen and oxygen atoms in total. The van der Waals surface area contributed by atoms with Crippen LogP contribution in [0.25, 0.3) is 0 Å². The maximum absolute atomic E-state index is 11.1. The molecule has 2 rings (SSSR count). The van der Waals surface area contributed by atoms with Crippen molar-refractivity contribution in [2.45, 2.75) is 19.5 Å². The fourth-order valence-electron chi connectivity index (χ4n) is 2.28. The van der Waals surface area contributed by atoms with Gasteiger partial charge in [-0.25, -0.2) is 0 Å². The Morgan fingerprint density at radius 3 is 2.36 bits per heavy atom. The third kappa shape index (κ3) is 4.01. The summed E-state index contributed by atoms with van der Waals surface area (Å²) in [6.45, 7) is 2.83. The summed E-state index contributed by atoms with van der Waals surface area (Å²) >= 11 is 12.2. The molecule has 2 aromatic rings. The second-order valence-corrected chi connectivity index (χ2v) is 6.16. The monoisotopic (exact) mass is 336 g/mol. The van der Waals surface area contributed by atoms with E-state index in [4.69, 9.17) is 28.9 Å². The van der Waals surface area contributed by atoms with E-state index in [-0.39, 0.29) is 6.04 Å². The predicted molar refractivity (Wildman–Crippen MR) is 91.3 cm³/mol. The van der Waals surface area contributed by atoms with E-state index in [1.807, 2.05) is 31.3 Å². The van der Waals surface area contributed by atoms with Crippen LogP contribution in [0.3, 0.4) is 0 Å². The van der Waals surface area contributed by atoms with Crippen LogP contribution in [0.2, 0.25) is 10.0 Å². The summed E-state index contributed by atoms with van der Waals surface area (Å²) in [5.41, 5.74) is 7.89. The Kier molecular flexibility index (Phi) is 5.46. The topological polar surface area (TPSA) is 46.3 Å². The summed E-state index contributed by atoms with van der Waals surface area (Å²) in [4.78, 5) is 13.3. The molecule has 0 aromatic heterocycles. The molecule has 0 radical (unpaired) electrons. The highest BCUT2D eigenvalue weighted by Gasteiger charge is 2.15. The zero-order valence-electron chi connectivity index (χ0n) is 12.5. The Bertz CT molecular complexity index is 671. The number of primary amides is 1. The first-order chi connectivity index (χ1) is 10.4. The normalized spacial score (nSPS) is 12.4. The number of carbonyl (C=O) groups is 1. The molecule has 1 unspecified atom stereocenters. The molecule has 0 aliphatic heterocycles. The van der Waals surface area contributed by atoms with Crippen LogP contribution in [0.5, 0.6) is 0 Å². The summed E-state index contributed by atoms with van der Waals surface area (Å²) in [5, 5.41) is 1.29. The number of hydrogen-bond donors (Lipinski definition) is 1. The average Bonchev–Trinajstić information content (AvgIpc) is 2.47. The first-order valence-electron chi connectivity index (χ1n) is 6.92. The highest BCUT2D eigenvalue weighted by Crippen LogP contribution is 2.29. The van der Waals surface area contributed by atoms with Crippen molar-refractivity contribution in [3.63, 3.8) is 0 Å². The third-order valence-corrected chi connectivity index (χ3v) is 4.31. The number of rotatable bonds is 5. The lowest BCUT2D eigenvalue weighted by atomic mass is 10.1. The Morgan fingerprint density at radius 1 is 1.18 bits per heavy atom. The van der Waals surface area contributed by atoms with E-state index < -0.39 is 5.91 Å². The first-order valence-corrected chi connectivity index (χ1v) is 7.68. The van der Waals surface area contributed by atoms with Crippen LogP contribution in [-0.2, 0) is 6.54 Å². The van der Waals surface area contributed by atoms with Gasteiger partial charge in [0.05, 0.1) is 0 Å². The molecule has 0 aliphatic carbocycles. The number of halogens is 2. The zero-order valence-corrected chi connectivity index (χ0v) is 14.0. The fourth-order valence-corrected chi connectivity index (χ4v) is 2.84. The van der Waals surface area contributed by atoms with E-state index in [1.54, 1.807) is 18.2 Å².